The Morgan fingerprint density at radius 3 is 2.03 bits per heavy atom. The molecule has 7 heteroatoms. The van der Waals surface area contributed by atoms with E-state index in [9.17, 15) is 19.5 Å². The molecular weight excluding hydrogens is 408 g/mol. The first-order valence-electron chi connectivity index (χ1n) is 10.7. The summed E-state index contributed by atoms with van der Waals surface area (Å²) in [5.41, 5.74) is 3.38. The summed E-state index contributed by atoms with van der Waals surface area (Å²) in [6, 6.07) is 15.3. The molecule has 1 unspecified atom stereocenters. The van der Waals surface area contributed by atoms with Gasteiger partial charge in [-0.25, -0.2) is 4.79 Å². The topological polar surface area (TPSA) is 105 Å². The number of amides is 2. The number of rotatable bonds is 8. The number of carbonyl (C=O) groups excluding carboxylic acids is 2. The molecule has 0 heterocycles. The first-order valence-corrected chi connectivity index (χ1v) is 10.7. The lowest BCUT2D eigenvalue weighted by atomic mass is 9.93. The molecule has 0 aliphatic heterocycles. The number of carboxylic acid groups (broad SMARTS) is 1. The van der Waals surface area contributed by atoms with Crippen molar-refractivity contribution in [2.24, 2.45) is 11.3 Å². The maximum Gasteiger partial charge on any atom is 0.407 e. The third-order valence-corrected chi connectivity index (χ3v) is 5.85. The lowest BCUT2D eigenvalue weighted by molar-refractivity contribution is -0.146. The van der Waals surface area contributed by atoms with Crippen LogP contribution in [-0.4, -0.2) is 42.3 Å². The number of nitrogens with one attached hydrogen (secondary N) is 2. The molecule has 3 N–H and O–H groups in total. The number of fused-ring (bicyclic) bond motifs is 3. The van der Waals surface area contributed by atoms with Gasteiger partial charge >= 0.3 is 12.1 Å². The van der Waals surface area contributed by atoms with E-state index >= 15 is 0 Å². The van der Waals surface area contributed by atoms with E-state index in [0.29, 0.717) is 0 Å². The van der Waals surface area contributed by atoms with Crippen molar-refractivity contribution in [3.05, 3.63) is 59.7 Å². The van der Waals surface area contributed by atoms with Gasteiger partial charge in [0, 0.05) is 12.5 Å². The fourth-order valence-corrected chi connectivity index (χ4v) is 3.80. The Balaban J connectivity index is 1.63. The van der Waals surface area contributed by atoms with E-state index in [-0.39, 0.29) is 25.0 Å². The Bertz CT molecular complexity index is 969. The van der Waals surface area contributed by atoms with Crippen LogP contribution in [0, 0.1) is 11.3 Å². The molecule has 7 nitrogen and oxygen atoms in total. The summed E-state index contributed by atoms with van der Waals surface area (Å²) in [6.45, 7) is 6.76. The summed E-state index contributed by atoms with van der Waals surface area (Å²) in [5, 5.41) is 14.5. The predicted octanol–water partition coefficient (Wildman–Crippen LogP) is 3.78. The molecule has 0 spiro atoms. The average molecular weight is 439 g/mol. The van der Waals surface area contributed by atoms with E-state index < -0.39 is 29.4 Å². The number of carboxylic acids is 1. The largest absolute Gasteiger partial charge is 0.481 e. The monoisotopic (exact) mass is 438 g/mol. The van der Waals surface area contributed by atoms with Gasteiger partial charge in [-0.05, 0) is 42.0 Å². The predicted molar refractivity (Wildman–Crippen MR) is 121 cm³/mol. The molecule has 1 aliphatic rings. The Labute approximate surface area is 188 Å². The minimum absolute atomic E-state index is 0.0449. The van der Waals surface area contributed by atoms with Gasteiger partial charge < -0.3 is 20.5 Å². The highest BCUT2D eigenvalue weighted by Gasteiger charge is 2.32. The van der Waals surface area contributed by atoms with Crippen LogP contribution in [0.25, 0.3) is 11.1 Å². The number of benzene rings is 2. The minimum Gasteiger partial charge on any atom is -0.481 e. The first kappa shape index (κ1) is 23.3. The maximum atomic E-state index is 12.6. The molecule has 1 aliphatic carbocycles. The van der Waals surface area contributed by atoms with Crippen molar-refractivity contribution >= 4 is 18.0 Å². The highest BCUT2D eigenvalue weighted by molar-refractivity contribution is 5.86. The molecule has 170 valence electrons. The standard InChI is InChI=1S/C25H30N2O5/c1-15(2)21(22(28)26-14-25(3,4)23(29)30)27-24(31)32-13-20-18-11-7-5-9-16(18)17-10-6-8-12-19(17)20/h5-12,15,20-21H,13-14H2,1-4H3,(H,26,28)(H,27,31)(H,29,30). The molecule has 0 bridgehead atoms. The zero-order chi connectivity index (χ0) is 23.5. The Kier molecular flexibility index (Phi) is 6.87. The number of aliphatic carboxylic acids is 1. The van der Waals surface area contributed by atoms with Crippen molar-refractivity contribution in [2.45, 2.75) is 39.7 Å². The van der Waals surface area contributed by atoms with Crippen LogP contribution >= 0.6 is 0 Å². The smallest absolute Gasteiger partial charge is 0.407 e. The SMILES string of the molecule is CC(C)C(NC(=O)OCC1c2ccccc2-c2ccccc21)C(=O)NCC(C)(C)C(=O)O. The van der Waals surface area contributed by atoms with Crippen molar-refractivity contribution in [3.8, 4) is 11.1 Å². The van der Waals surface area contributed by atoms with E-state index in [1.54, 1.807) is 13.8 Å². The van der Waals surface area contributed by atoms with E-state index in [0.717, 1.165) is 22.3 Å². The summed E-state index contributed by atoms with van der Waals surface area (Å²) in [7, 11) is 0. The summed E-state index contributed by atoms with van der Waals surface area (Å²) >= 11 is 0. The van der Waals surface area contributed by atoms with Crippen LogP contribution < -0.4 is 10.6 Å². The number of hydrogen-bond acceptors (Lipinski definition) is 4. The highest BCUT2D eigenvalue weighted by atomic mass is 16.5. The summed E-state index contributed by atoms with van der Waals surface area (Å²) in [4.78, 5) is 36.4. The fraction of sp³-hybridized carbons (Fsp3) is 0.400. The van der Waals surface area contributed by atoms with Gasteiger partial charge in [0.1, 0.15) is 12.6 Å². The molecule has 0 saturated carbocycles. The third-order valence-electron chi connectivity index (χ3n) is 5.85. The molecule has 1 atom stereocenters. The number of alkyl carbamates (subject to hydrolysis) is 1. The lowest BCUT2D eigenvalue weighted by Gasteiger charge is -2.25. The van der Waals surface area contributed by atoms with Crippen LogP contribution in [0.2, 0.25) is 0 Å². The van der Waals surface area contributed by atoms with E-state index in [1.807, 2.05) is 36.4 Å². The zero-order valence-electron chi connectivity index (χ0n) is 18.8. The fourth-order valence-electron chi connectivity index (χ4n) is 3.80. The molecule has 2 amide bonds. The maximum absolute atomic E-state index is 12.6. The first-order chi connectivity index (χ1) is 15.1. The zero-order valence-corrected chi connectivity index (χ0v) is 18.8. The van der Waals surface area contributed by atoms with Crippen LogP contribution in [0.15, 0.2) is 48.5 Å². The molecule has 0 saturated heterocycles. The van der Waals surface area contributed by atoms with Gasteiger partial charge in [0.2, 0.25) is 5.91 Å². The van der Waals surface area contributed by atoms with E-state index in [2.05, 4.69) is 22.8 Å². The van der Waals surface area contributed by atoms with Gasteiger partial charge in [0.15, 0.2) is 0 Å². The van der Waals surface area contributed by atoms with Crippen molar-refractivity contribution in [1.29, 1.82) is 0 Å². The van der Waals surface area contributed by atoms with Crippen molar-refractivity contribution < 1.29 is 24.2 Å². The Morgan fingerprint density at radius 2 is 1.53 bits per heavy atom. The second-order valence-corrected chi connectivity index (χ2v) is 9.10. The van der Waals surface area contributed by atoms with Gasteiger partial charge in [0.25, 0.3) is 0 Å². The molecule has 3 rings (SSSR count). The van der Waals surface area contributed by atoms with E-state index in [1.165, 1.54) is 13.8 Å². The third kappa shape index (κ3) is 4.93. The molecule has 2 aromatic carbocycles. The van der Waals surface area contributed by atoms with Crippen molar-refractivity contribution in [2.75, 3.05) is 13.2 Å². The lowest BCUT2D eigenvalue weighted by Crippen LogP contribution is -2.52. The molecule has 0 aromatic heterocycles. The summed E-state index contributed by atoms with van der Waals surface area (Å²) < 4.78 is 5.53. The second kappa shape index (κ2) is 9.42. The molecule has 32 heavy (non-hydrogen) atoms. The van der Waals surface area contributed by atoms with Crippen LogP contribution in [-0.2, 0) is 14.3 Å². The number of hydrogen-bond donors (Lipinski definition) is 3. The normalized spacial score (nSPS) is 13.8. The minimum atomic E-state index is -1.11. The average Bonchev–Trinajstić information content (AvgIpc) is 3.08. The second-order valence-electron chi connectivity index (χ2n) is 9.10. The highest BCUT2D eigenvalue weighted by Crippen LogP contribution is 2.44. The summed E-state index contributed by atoms with van der Waals surface area (Å²) in [5.74, 6) is -1.73. The van der Waals surface area contributed by atoms with Crippen LogP contribution in [0.3, 0.4) is 0 Å². The van der Waals surface area contributed by atoms with Crippen molar-refractivity contribution in [3.63, 3.8) is 0 Å². The van der Waals surface area contributed by atoms with Crippen molar-refractivity contribution in [1.82, 2.24) is 10.6 Å². The van der Waals surface area contributed by atoms with Gasteiger partial charge in [-0.15, -0.1) is 0 Å². The van der Waals surface area contributed by atoms with Crippen LogP contribution in [0.1, 0.15) is 44.7 Å². The molecule has 2 aromatic rings. The summed E-state index contributed by atoms with van der Waals surface area (Å²) in [6.07, 6.45) is -0.682. The van der Waals surface area contributed by atoms with Gasteiger partial charge in [-0.2, -0.15) is 0 Å². The van der Waals surface area contributed by atoms with Gasteiger partial charge in [-0.3, -0.25) is 9.59 Å². The van der Waals surface area contributed by atoms with Gasteiger partial charge in [0.05, 0.1) is 5.41 Å². The van der Waals surface area contributed by atoms with E-state index in [4.69, 9.17) is 4.74 Å². The molecule has 0 radical (unpaired) electrons. The van der Waals surface area contributed by atoms with Crippen LogP contribution in [0.4, 0.5) is 4.79 Å². The Morgan fingerprint density at radius 1 is 1.00 bits per heavy atom. The molecule has 0 fully saturated rings. The van der Waals surface area contributed by atoms with Crippen LogP contribution in [0.5, 0.6) is 0 Å². The van der Waals surface area contributed by atoms with Gasteiger partial charge in [-0.1, -0.05) is 62.4 Å². The number of ether oxygens (including phenoxy) is 1. The molecular formula is C25H30N2O5. The quantitative estimate of drug-likeness (QED) is 0.582. The number of carbonyl (C=O) groups is 3. The Hall–Kier alpha value is -3.35.